The van der Waals surface area contributed by atoms with Gasteiger partial charge < -0.3 is 10.4 Å². The molecule has 0 saturated heterocycles. The van der Waals surface area contributed by atoms with E-state index in [0.717, 1.165) is 23.9 Å². The number of thioether (sulfide) groups is 1. The molecule has 0 spiro atoms. The van der Waals surface area contributed by atoms with Crippen LogP contribution in [-0.4, -0.2) is 28.5 Å². The Morgan fingerprint density at radius 2 is 1.83 bits per heavy atom. The molecule has 0 bridgehead atoms. The predicted octanol–water partition coefficient (Wildman–Crippen LogP) is 2.89. The van der Waals surface area contributed by atoms with Crippen LogP contribution in [0.25, 0.3) is 0 Å². The molecule has 0 atom stereocenters. The zero-order chi connectivity index (χ0) is 13.7. The molecule has 0 unspecified atom stereocenters. The Labute approximate surface area is 116 Å². The number of aliphatic carboxylic acids is 1. The number of amides is 1. The number of carboxylic acid groups (broad SMARTS) is 1. The van der Waals surface area contributed by atoms with Gasteiger partial charge >= 0.3 is 5.97 Å². The van der Waals surface area contributed by atoms with Crippen molar-refractivity contribution in [3.8, 4) is 0 Å². The Kier molecular flexibility index (Phi) is 5.71. The second-order valence-electron chi connectivity index (χ2n) is 3.18. The number of carboxylic acids is 1. The molecular weight excluding hydrogens is 304 g/mol. The number of rotatable bonds is 5. The molecule has 0 saturated carbocycles. The lowest BCUT2D eigenvalue weighted by molar-refractivity contribution is -0.133. The van der Waals surface area contributed by atoms with Crippen LogP contribution in [-0.2, 0) is 9.59 Å². The minimum absolute atomic E-state index is 0.0171. The largest absolute Gasteiger partial charge is 0.481 e. The van der Waals surface area contributed by atoms with E-state index in [1.165, 1.54) is 0 Å². The van der Waals surface area contributed by atoms with E-state index in [-0.39, 0.29) is 27.2 Å². The summed E-state index contributed by atoms with van der Waals surface area (Å²) in [6.45, 7) is 0. The number of carbonyl (C=O) groups is 2. The van der Waals surface area contributed by atoms with Crippen LogP contribution in [0.1, 0.15) is 0 Å². The lowest BCUT2D eigenvalue weighted by Gasteiger charge is -2.09. The first-order chi connectivity index (χ1) is 8.40. The molecule has 98 valence electrons. The van der Waals surface area contributed by atoms with Gasteiger partial charge in [0.15, 0.2) is 0 Å². The minimum Gasteiger partial charge on any atom is -0.481 e. The average molecular weight is 312 g/mol. The van der Waals surface area contributed by atoms with Gasteiger partial charge in [-0.05, 0) is 12.1 Å². The van der Waals surface area contributed by atoms with Gasteiger partial charge in [0.25, 0.3) is 0 Å². The summed E-state index contributed by atoms with van der Waals surface area (Å²) in [6, 6.07) is 2.04. The first kappa shape index (κ1) is 15.1. The maximum absolute atomic E-state index is 12.9. The second-order valence-corrected chi connectivity index (χ2v) is 4.98. The van der Waals surface area contributed by atoms with Crippen LogP contribution >= 0.6 is 35.0 Å². The predicted molar refractivity (Wildman–Crippen MR) is 70.0 cm³/mol. The third kappa shape index (κ3) is 4.72. The highest BCUT2D eigenvalue weighted by Gasteiger charge is 2.12. The summed E-state index contributed by atoms with van der Waals surface area (Å²) >= 11 is 12.4. The van der Waals surface area contributed by atoms with Crippen molar-refractivity contribution in [2.24, 2.45) is 0 Å². The van der Waals surface area contributed by atoms with Crippen LogP contribution in [0, 0.1) is 5.82 Å². The Hall–Kier alpha value is -0.980. The zero-order valence-electron chi connectivity index (χ0n) is 8.87. The monoisotopic (exact) mass is 311 g/mol. The van der Waals surface area contributed by atoms with Crippen LogP contribution in [0.15, 0.2) is 12.1 Å². The Morgan fingerprint density at radius 3 is 2.33 bits per heavy atom. The van der Waals surface area contributed by atoms with Crippen molar-refractivity contribution >= 4 is 52.5 Å². The molecule has 0 aliphatic carbocycles. The number of halogens is 3. The summed E-state index contributed by atoms with van der Waals surface area (Å²) < 4.78 is 12.9. The number of hydrogen-bond donors (Lipinski definition) is 2. The van der Waals surface area contributed by atoms with Crippen LogP contribution in [0.3, 0.4) is 0 Å². The van der Waals surface area contributed by atoms with Crippen molar-refractivity contribution in [3.63, 3.8) is 0 Å². The fourth-order valence-electron chi connectivity index (χ4n) is 1.07. The van der Waals surface area contributed by atoms with Crippen LogP contribution in [0.2, 0.25) is 10.0 Å². The first-order valence-electron chi connectivity index (χ1n) is 4.64. The number of hydrogen-bond acceptors (Lipinski definition) is 3. The first-order valence-corrected chi connectivity index (χ1v) is 6.55. The fraction of sp³-hybridized carbons (Fsp3) is 0.200. The number of anilines is 1. The molecule has 0 aliphatic heterocycles. The minimum atomic E-state index is -1.01. The van der Waals surface area contributed by atoms with Gasteiger partial charge in [0.2, 0.25) is 5.91 Å². The Bertz CT molecular complexity index is 461. The van der Waals surface area contributed by atoms with E-state index < -0.39 is 17.7 Å². The van der Waals surface area contributed by atoms with E-state index in [1.54, 1.807) is 0 Å². The standard InChI is InChI=1S/C10H8Cl2FNO3S/c11-6-1-5(13)2-7(12)10(6)14-8(15)3-18-4-9(16)17/h1-2H,3-4H2,(H,14,15)(H,16,17). The Morgan fingerprint density at radius 1 is 1.28 bits per heavy atom. The lowest BCUT2D eigenvalue weighted by Crippen LogP contribution is -2.16. The highest BCUT2D eigenvalue weighted by molar-refractivity contribution is 8.00. The topological polar surface area (TPSA) is 66.4 Å². The summed E-state index contributed by atoms with van der Waals surface area (Å²) in [5.41, 5.74) is 0.112. The Balaban J connectivity index is 2.62. The second kappa shape index (κ2) is 6.82. The molecule has 0 radical (unpaired) electrons. The van der Waals surface area contributed by atoms with Gasteiger partial charge in [-0.15, -0.1) is 11.8 Å². The molecule has 2 N–H and O–H groups in total. The molecule has 4 nitrogen and oxygen atoms in total. The molecule has 0 heterocycles. The fourth-order valence-corrected chi connectivity index (χ4v) is 2.16. The lowest BCUT2D eigenvalue weighted by atomic mass is 10.3. The van der Waals surface area contributed by atoms with Crippen molar-refractivity contribution in [1.82, 2.24) is 0 Å². The van der Waals surface area contributed by atoms with Gasteiger partial charge in [0, 0.05) is 0 Å². The SMILES string of the molecule is O=C(O)CSCC(=O)Nc1c(Cl)cc(F)cc1Cl. The van der Waals surface area contributed by atoms with Crippen molar-refractivity contribution in [2.75, 3.05) is 16.8 Å². The van der Waals surface area contributed by atoms with Crippen LogP contribution < -0.4 is 5.32 Å². The van der Waals surface area contributed by atoms with Crippen molar-refractivity contribution in [2.45, 2.75) is 0 Å². The molecule has 1 rings (SSSR count). The average Bonchev–Trinajstić information content (AvgIpc) is 2.22. The molecular formula is C10H8Cl2FNO3S. The van der Waals surface area contributed by atoms with E-state index in [2.05, 4.69) is 5.32 Å². The van der Waals surface area contributed by atoms with Crippen LogP contribution in [0.5, 0.6) is 0 Å². The number of nitrogens with one attached hydrogen (secondary N) is 1. The number of carbonyl (C=O) groups excluding carboxylic acids is 1. The third-order valence-corrected chi connectivity index (χ3v) is 3.24. The smallest absolute Gasteiger partial charge is 0.313 e. The molecule has 18 heavy (non-hydrogen) atoms. The van der Waals surface area contributed by atoms with Crippen molar-refractivity contribution in [3.05, 3.63) is 28.0 Å². The van der Waals surface area contributed by atoms with Crippen molar-refractivity contribution < 1.29 is 19.1 Å². The summed E-state index contributed by atoms with van der Waals surface area (Å²) in [5, 5.41) is 10.8. The highest BCUT2D eigenvalue weighted by atomic mass is 35.5. The third-order valence-electron chi connectivity index (χ3n) is 1.73. The van der Waals surface area contributed by atoms with E-state index >= 15 is 0 Å². The van der Waals surface area contributed by atoms with Crippen LogP contribution in [0.4, 0.5) is 10.1 Å². The molecule has 0 fully saturated rings. The normalized spacial score (nSPS) is 10.2. The van der Waals surface area contributed by atoms with E-state index in [0.29, 0.717) is 0 Å². The van der Waals surface area contributed by atoms with Gasteiger partial charge in [-0.1, -0.05) is 23.2 Å². The van der Waals surface area contributed by atoms with Gasteiger partial charge in [-0.3, -0.25) is 9.59 Å². The molecule has 0 aromatic heterocycles. The quantitative estimate of drug-likeness (QED) is 0.877. The maximum Gasteiger partial charge on any atom is 0.313 e. The van der Waals surface area contributed by atoms with Gasteiger partial charge in [0.1, 0.15) is 5.82 Å². The molecule has 1 aromatic carbocycles. The molecule has 1 amide bonds. The van der Waals surface area contributed by atoms with Gasteiger partial charge in [0.05, 0.1) is 27.2 Å². The highest BCUT2D eigenvalue weighted by Crippen LogP contribution is 2.31. The summed E-state index contributed by atoms with van der Waals surface area (Å²) in [7, 11) is 0. The van der Waals surface area contributed by atoms with E-state index in [1.807, 2.05) is 0 Å². The van der Waals surface area contributed by atoms with Gasteiger partial charge in [-0.25, -0.2) is 4.39 Å². The zero-order valence-corrected chi connectivity index (χ0v) is 11.2. The summed E-state index contributed by atoms with van der Waals surface area (Å²) in [6.07, 6.45) is 0. The van der Waals surface area contributed by atoms with Gasteiger partial charge in [-0.2, -0.15) is 0 Å². The summed E-state index contributed by atoms with van der Waals surface area (Å²) in [4.78, 5) is 21.7. The molecule has 8 heteroatoms. The summed E-state index contributed by atoms with van der Waals surface area (Å²) in [5.74, 6) is -2.32. The number of benzene rings is 1. The van der Waals surface area contributed by atoms with E-state index in [9.17, 15) is 14.0 Å². The van der Waals surface area contributed by atoms with E-state index in [4.69, 9.17) is 28.3 Å². The molecule has 0 aliphatic rings. The van der Waals surface area contributed by atoms with Crippen molar-refractivity contribution in [1.29, 1.82) is 0 Å². The maximum atomic E-state index is 12.9. The molecule has 1 aromatic rings.